The average molecular weight is 229 g/mol. The molecule has 0 saturated carbocycles. The molecule has 88 valence electrons. The zero-order chi connectivity index (χ0) is 11.7. The third kappa shape index (κ3) is 1.88. The van der Waals surface area contributed by atoms with Gasteiger partial charge in [0.2, 0.25) is 0 Å². The summed E-state index contributed by atoms with van der Waals surface area (Å²) in [5.74, 6) is 1.97. The van der Waals surface area contributed by atoms with Crippen LogP contribution in [0, 0.1) is 0 Å². The molecule has 0 amide bonds. The first-order valence-electron chi connectivity index (χ1n) is 5.97. The van der Waals surface area contributed by atoms with E-state index in [-0.39, 0.29) is 0 Å². The average Bonchev–Trinajstić information content (AvgIpc) is 2.59. The van der Waals surface area contributed by atoms with E-state index >= 15 is 0 Å². The maximum absolute atomic E-state index is 5.75. The number of aromatic nitrogens is 4. The van der Waals surface area contributed by atoms with E-state index in [1.54, 1.807) is 12.4 Å². The molecule has 17 heavy (non-hydrogen) atoms. The largest absolute Gasteiger partial charge is 0.397 e. The first-order valence-corrected chi connectivity index (χ1v) is 5.97. The molecule has 2 N–H and O–H groups in total. The molecule has 0 unspecified atom stereocenters. The third-order valence-corrected chi connectivity index (χ3v) is 3.13. The van der Waals surface area contributed by atoms with Gasteiger partial charge in [-0.2, -0.15) is 0 Å². The molecule has 3 rings (SSSR count). The number of pyridine rings is 1. The number of anilines is 1. The minimum Gasteiger partial charge on any atom is -0.397 e. The second-order valence-electron chi connectivity index (χ2n) is 4.41. The number of nitrogens with zero attached hydrogens (tertiary/aromatic N) is 4. The van der Waals surface area contributed by atoms with Crippen LogP contribution in [0.1, 0.15) is 25.1 Å². The van der Waals surface area contributed by atoms with E-state index in [0.717, 1.165) is 30.2 Å². The van der Waals surface area contributed by atoms with Gasteiger partial charge < -0.3 is 10.3 Å². The van der Waals surface area contributed by atoms with Gasteiger partial charge in [0, 0.05) is 30.9 Å². The zero-order valence-corrected chi connectivity index (χ0v) is 9.63. The lowest BCUT2D eigenvalue weighted by Crippen LogP contribution is -2.03. The van der Waals surface area contributed by atoms with Crippen molar-refractivity contribution < 1.29 is 0 Å². The summed E-state index contributed by atoms with van der Waals surface area (Å²) in [7, 11) is 0. The standard InChI is InChI=1S/C12H15N5/c13-10-6-9(7-14-8-10)12-16-15-11-4-2-1-3-5-17(11)12/h6-8H,1-5,13H2. The Bertz CT molecular complexity index is 531. The first kappa shape index (κ1) is 10.3. The Kier molecular flexibility index (Phi) is 2.51. The Labute approximate surface area is 99.7 Å². The van der Waals surface area contributed by atoms with Gasteiger partial charge >= 0.3 is 0 Å². The van der Waals surface area contributed by atoms with Crippen molar-refractivity contribution in [2.45, 2.75) is 32.2 Å². The van der Waals surface area contributed by atoms with Gasteiger partial charge in [-0.1, -0.05) is 6.42 Å². The van der Waals surface area contributed by atoms with Crippen LogP contribution in [0.5, 0.6) is 0 Å². The van der Waals surface area contributed by atoms with E-state index in [1.807, 2.05) is 6.07 Å². The fraction of sp³-hybridized carbons (Fsp3) is 0.417. The zero-order valence-electron chi connectivity index (χ0n) is 9.63. The predicted molar refractivity (Wildman–Crippen MR) is 65.2 cm³/mol. The molecule has 5 heteroatoms. The van der Waals surface area contributed by atoms with Crippen molar-refractivity contribution in [1.29, 1.82) is 0 Å². The maximum Gasteiger partial charge on any atom is 0.165 e. The SMILES string of the molecule is Nc1cncc(-c2nnc3n2CCCCC3)c1. The Morgan fingerprint density at radius 3 is 2.94 bits per heavy atom. The molecule has 1 aliphatic rings. The van der Waals surface area contributed by atoms with Gasteiger partial charge in [-0.3, -0.25) is 4.98 Å². The molecule has 1 aliphatic heterocycles. The normalized spacial score (nSPS) is 15.3. The molecular formula is C12H15N5. The Hall–Kier alpha value is -1.91. The molecule has 0 aliphatic carbocycles. The van der Waals surface area contributed by atoms with Crippen molar-refractivity contribution in [3.05, 3.63) is 24.3 Å². The van der Waals surface area contributed by atoms with Gasteiger partial charge in [-0.15, -0.1) is 10.2 Å². The number of hydrogen-bond acceptors (Lipinski definition) is 4. The quantitative estimate of drug-likeness (QED) is 0.807. The highest BCUT2D eigenvalue weighted by Gasteiger charge is 2.15. The van der Waals surface area contributed by atoms with Gasteiger partial charge in [0.15, 0.2) is 5.82 Å². The highest BCUT2D eigenvalue weighted by atomic mass is 15.3. The number of nitrogen functional groups attached to an aromatic ring is 1. The minimum atomic E-state index is 0.661. The van der Waals surface area contributed by atoms with Crippen molar-refractivity contribution in [2.24, 2.45) is 0 Å². The molecule has 0 saturated heterocycles. The van der Waals surface area contributed by atoms with Crippen molar-refractivity contribution >= 4 is 5.69 Å². The maximum atomic E-state index is 5.75. The molecule has 3 heterocycles. The van der Waals surface area contributed by atoms with E-state index < -0.39 is 0 Å². The number of aryl methyl sites for hydroxylation is 1. The summed E-state index contributed by atoms with van der Waals surface area (Å²) in [5.41, 5.74) is 7.36. The summed E-state index contributed by atoms with van der Waals surface area (Å²) < 4.78 is 2.20. The molecule has 0 spiro atoms. The molecular weight excluding hydrogens is 214 g/mol. The van der Waals surface area contributed by atoms with E-state index in [2.05, 4.69) is 19.7 Å². The second-order valence-corrected chi connectivity index (χ2v) is 4.41. The third-order valence-electron chi connectivity index (χ3n) is 3.13. The monoisotopic (exact) mass is 229 g/mol. The molecule has 2 aromatic heterocycles. The lowest BCUT2D eigenvalue weighted by atomic mass is 10.2. The van der Waals surface area contributed by atoms with Gasteiger partial charge in [0.05, 0.1) is 5.69 Å². The summed E-state index contributed by atoms with van der Waals surface area (Å²) in [5, 5.41) is 8.54. The Balaban J connectivity index is 2.06. The van der Waals surface area contributed by atoms with Gasteiger partial charge in [-0.25, -0.2) is 0 Å². The van der Waals surface area contributed by atoms with Crippen LogP contribution in [-0.4, -0.2) is 19.7 Å². The van der Waals surface area contributed by atoms with Crippen molar-refractivity contribution in [3.63, 3.8) is 0 Å². The van der Waals surface area contributed by atoms with Crippen LogP contribution in [-0.2, 0) is 13.0 Å². The predicted octanol–water partition coefficient (Wildman–Crippen LogP) is 1.65. The van der Waals surface area contributed by atoms with Crippen LogP contribution in [0.3, 0.4) is 0 Å². The van der Waals surface area contributed by atoms with Crippen LogP contribution in [0.15, 0.2) is 18.5 Å². The van der Waals surface area contributed by atoms with Crippen molar-refractivity contribution in [2.75, 3.05) is 5.73 Å². The Morgan fingerprint density at radius 2 is 2.06 bits per heavy atom. The topological polar surface area (TPSA) is 69.6 Å². The van der Waals surface area contributed by atoms with E-state index in [0.29, 0.717) is 5.69 Å². The lowest BCUT2D eigenvalue weighted by molar-refractivity contribution is 0.636. The lowest BCUT2D eigenvalue weighted by Gasteiger charge is -2.06. The van der Waals surface area contributed by atoms with Crippen molar-refractivity contribution in [1.82, 2.24) is 19.7 Å². The summed E-state index contributed by atoms with van der Waals surface area (Å²) in [4.78, 5) is 4.11. The van der Waals surface area contributed by atoms with Crippen LogP contribution in [0.4, 0.5) is 5.69 Å². The molecule has 0 fully saturated rings. The summed E-state index contributed by atoms with van der Waals surface area (Å²) >= 11 is 0. The molecule has 0 atom stereocenters. The first-order chi connectivity index (χ1) is 8.34. The van der Waals surface area contributed by atoms with Crippen LogP contribution >= 0.6 is 0 Å². The smallest absolute Gasteiger partial charge is 0.165 e. The minimum absolute atomic E-state index is 0.661. The van der Waals surface area contributed by atoms with Crippen molar-refractivity contribution in [3.8, 4) is 11.4 Å². The number of fused-ring (bicyclic) bond motifs is 1. The van der Waals surface area contributed by atoms with E-state index in [1.165, 1.54) is 19.3 Å². The number of nitrogens with two attached hydrogens (primary N) is 1. The van der Waals surface area contributed by atoms with Gasteiger partial charge in [0.25, 0.3) is 0 Å². The second kappa shape index (κ2) is 4.16. The van der Waals surface area contributed by atoms with Gasteiger partial charge in [0.1, 0.15) is 5.82 Å². The fourth-order valence-electron chi connectivity index (χ4n) is 2.28. The number of rotatable bonds is 1. The Morgan fingerprint density at radius 1 is 1.12 bits per heavy atom. The highest BCUT2D eigenvalue weighted by Crippen LogP contribution is 2.22. The van der Waals surface area contributed by atoms with E-state index in [9.17, 15) is 0 Å². The van der Waals surface area contributed by atoms with Crippen LogP contribution in [0.25, 0.3) is 11.4 Å². The molecule has 2 aromatic rings. The summed E-state index contributed by atoms with van der Waals surface area (Å²) in [6.45, 7) is 0.993. The molecule has 0 aromatic carbocycles. The molecule has 0 bridgehead atoms. The van der Waals surface area contributed by atoms with E-state index in [4.69, 9.17) is 5.73 Å². The van der Waals surface area contributed by atoms with Gasteiger partial charge in [-0.05, 0) is 18.9 Å². The molecule has 0 radical (unpaired) electrons. The fourth-order valence-corrected chi connectivity index (χ4v) is 2.28. The van der Waals surface area contributed by atoms with Crippen LogP contribution in [0.2, 0.25) is 0 Å². The number of hydrogen-bond donors (Lipinski definition) is 1. The van der Waals surface area contributed by atoms with Crippen LogP contribution < -0.4 is 5.73 Å². The summed E-state index contributed by atoms with van der Waals surface area (Å²) in [6.07, 6.45) is 8.10. The highest BCUT2D eigenvalue weighted by molar-refractivity contribution is 5.59. The molecule has 5 nitrogen and oxygen atoms in total. The summed E-state index contributed by atoms with van der Waals surface area (Å²) in [6, 6.07) is 1.90.